The number of aromatic hydroxyl groups is 1. The van der Waals surface area contributed by atoms with Crippen molar-refractivity contribution in [2.75, 3.05) is 18.5 Å². The number of nitrogens with one attached hydrogen (secondary N) is 2. The quantitative estimate of drug-likeness (QED) is 0.0308. The van der Waals surface area contributed by atoms with E-state index < -0.39 is 29.6 Å². The monoisotopic (exact) mass is 751 g/mol. The lowest BCUT2D eigenvalue weighted by molar-refractivity contribution is -0.147. The smallest absolute Gasteiger partial charge is 0.336 e. The van der Waals surface area contributed by atoms with Gasteiger partial charge in [0, 0.05) is 59.1 Å². The van der Waals surface area contributed by atoms with E-state index in [9.17, 15) is 34.2 Å². The molecule has 2 aliphatic heterocycles. The number of unbranched alkanes of at least 4 members (excludes halogenated alkanes) is 8. The third kappa shape index (κ3) is 9.78. The summed E-state index contributed by atoms with van der Waals surface area (Å²) < 4.78 is 18.3. The molecule has 55 heavy (non-hydrogen) atoms. The number of aromatic carboxylic acids is 1. The average Bonchev–Trinajstić information content (AvgIpc) is 3.63. The fourth-order valence-electron chi connectivity index (χ4n) is 6.83. The molecule has 3 aliphatic rings. The Morgan fingerprint density at radius 2 is 1.60 bits per heavy atom. The van der Waals surface area contributed by atoms with Crippen LogP contribution < -0.4 is 22.0 Å². The molecule has 13 heteroatoms. The van der Waals surface area contributed by atoms with Gasteiger partial charge in [-0.3, -0.25) is 23.9 Å². The van der Waals surface area contributed by atoms with Crippen molar-refractivity contribution in [3.63, 3.8) is 0 Å². The summed E-state index contributed by atoms with van der Waals surface area (Å²) in [6, 6.07) is 14.3. The van der Waals surface area contributed by atoms with Crippen molar-refractivity contribution < 1.29 is 33.7 Å². The molecule has 0 spiro atoms. The zero-order chi connectivity index (χ0) is 38.9. The van der Waals surface area contributed by atoms with Crippen LogP contribution in [0, 0.1) is 6.92 Å². The second-order valence-corrected chi connectivity index (χ2v) is 13.9. The van der Waals surface area contributed by atoms with Crippen LogP contribution in [0.5, 0.6) is 5.75 Å². The van der Waals surface area contributed by atoms with Crippen molar-refractivity contribution in [1.82, 2.24) is 9.55 Å². The Balaban J connectivity index is 0.857. The van der Waals surface area contributed by atoms with Gasteiger partial charge in [-0.2, -0.15) is 0 Å². The summed E-state index contributed by atoms with van der Waals surface area (Å²) in [5, 5.41) is 24.2. The van der Waals surface area contributed by atoms with Gasteiger partial charge < -0.3 is 29.4 Å². The predicted octanol–water partition coefficient (Wildman–Crippen LogP) is 7.14. The summed E-state index contributed by atoms with van der Waals surface area (Å²) in [4.78, 5) is 62.7. The number of H-pyrrole nitrogens is 1. The van der Waals surface area contributed by atoms with Crippen LogP contribution in [0.15, 0.2) is 91.7 Å². The molecule has 4 N–H and O–H groups in total. The first-order valence-electron chi connectivity index (χ1n) is 18.7. The van der Waals surface area contributed by atoms with Crippen LogP contribution in [0.3, 0.4) is 0 Å². The maximum Gasteiger partial charge on any atom is 0.336 e. The number of aryl methyl sites for hydroxylation is 1. The number of benzene rings is 3. The lowest BCUT2D eigenvalue weighted by Crippen LogP contribution is -2.33. The van der Waals surface area contributed by atoms with Crippen LogP contribution in [0.1, 0.15) is 86.4 Å². The van der Waals surface area contributed by atoms with Gasteiger partial charge in [-0.1, -0.05) is 57.1 Å². The Bertz CT molecular complexity index is 2340. The van der Waals surface area contributed by atoms with E-state index in [0.29, 0.717) is 57.6 Å². The van der Waals surface area contributed by atoms with Crippen molar-refractivity contribution in [2.24, 2.45) is 0 Å². The number of fused-ring (bicyclic) bond motifs is 2. The largest absolute Gasteiger partial charge is 0.508 e. The van der Waals surface area contributed by atoms with Crippen LogP contribution in [-0.2, 0) is 14.3 Å². The molecule has 0 fully saturated rings. The van der Waals surface area contributed by atoms with Gasteiger partial charge in [-0.25, -0.2) is 9.59 Å². The minimum atomic E-state index is -1.08. The number of nitrogens with zero attached hydrogens (tertiary/aromatic N) is 1. The maximum absolute atomic E-state index is 12.5. The minimum Gasteiger partial charge on any atom is -0.508 e. The van der Waals surface area contributed by atoms with Crippen LogP contribution in [0.25, 0.3) is 33.4 Å². The molecule has 2 atom stereocenters. The number of hydrogen-bond acceptors (Lipinski definition) is 10. The SMILES string of the molecule is Cc1cn([C@H]2C=C[C@@H](COC(=O)CCCCCCCCCCCNc3ccc(-c4c5ccc(=O)cc-5oc5cc(O)ccc45)c(C(=O)O)c3)O2)c(=O)[nH]c1=O. The second-order valence-electron chi connectivity index (χ2n) is 13.9. The highest BCUT2D eigenvalue weighted by Gasteiger charge is 2.24. The number of carboxylic acids is 1. The number of anilines is 1. The molecule has 3 aromatic rings. The molecule has 6 rings (SSSR count). The van der Waals surface area contributed by atoms with Gasteiger partial charge >= 0.3 is 17.6 Å². The number of phenols is 1. The van der Waals surface area contributed by atoms with Crippen LogP contribution >= 0.6 is 0 Å². The van der Waals surface area contributed by atoms with Crippen molar-refractivity contribution in [3.05, 3.63) is 115 Å². The fourth-order valence-corrected chi connectivity index (χ4v) is 6.83. The first-order chi connectivity index (χ1) is 26.6. The molecule has 288 valence electrons. The van der Waals surface area contributed by atoms with Gasteiger partial charge in [0.05, 0.1) is 5.56 Å². The summed E-state index contributed by atoms with van der Waals surface area (Å²) in [6.07, 6.45) is 13.3. The topological polar surface area (TPSA) is 190 Å². The highest BCUT2D eigenvalue weighted by atomic mass is 16.6. The van der Waals surface area contributed by atoms with Gasteiger partial charge in [0.2, 0.25) is 0 Å². The molecule has 0 saturated carbocycles. The molecule has 3 heterocycles. The number of esters is 1. The first kappa shape index (κ1) is 38.8. The van der Waals surface area contributed by atoms with Crippen molar-refractivity contribution in [1.29, 1.82) is 0 Å². The number of hydrogen-bond donors (Lipinski definition) is 4. The van der Waals surface area contributed by atoms with Crippen LogP contribution in [0.2, 0.25) is 0 Å². The molecule has 0 bridgehead atoms. The molecular weight excluding hydrogens is 706 g/mol. The Kier molecular flexibility index (Phi) is 12.6. The van der Waals surface area contributed by atoms with Crippen molar-refractivity contribution >= 4 is 28.6 Å². The molecule has 0 amide bonds. The summed E-state index contributed by atoms with van der Waals surface area (Å²) in [5.74, 6) is -1.06. The van der Waals surface area contributed by atoms with E-state index in [1.807, 2.05) is 6.07 Å². The molecule has 0 unspecified atom stereocenters. The lowest BCUT2D eigenvalue weighted by Gasteiger charge is -2.17. The van der Waals surface area contributed by atoms with Crippen molar-refractivity contribution in [2.45, 2.75) is 83.5 Å². The molecule has 13 nitrogen and oxygen atoms in total. The van der Waals surface area contributed by atoms with E-state index >= 15 is 0 Å². The third-order valence-electron chi connectivity index (χ3n) is 9.72. The summed E-state index contributed by atoms with van der Waals surface area (Å²) in [5.41, 5.74) is 2.00. The number of ether oxygens (including phenoxy) is 2. The lowest BCUT2D eigenvalue weighted by atomic mass is 9.90. The zero-order valence-corrected chi connectivity index (χ0v) is 30.7. The van der Waals surface area contributed by atoms with Crippen LogP contribution in [0.4, 0.5) is 5.69 Å². The average molecular weight is 752 g/mol. The molecule has 2 aromatic carbocycles. The summed E-state index contributed by atoms with van der Waals surface area (Å²) >= 11 is 0. The van der Waals surface area contributed by atoms with E-state index in [2.05, 4.69) is 10.3 Å². The van der Waals surface area contributed by atoms with E-state index in [-0.39, 0.29) is 29.3 Å². The van der Waals surface area contributed by atoms with Gasteiger partial charge in [0.15, 0.2) is 11.7 Å². The number of aromatic nitrogens is 2. The molecule has 1 aliphatic carbocycles. The highest BCUT2D eigenvalue weighted by molar-refractivity contribution is 6.08. The Labute approximate surface area is 316 Å². The predicted molar refractivity (Wildman–Crippen MR) is 208 cm³/mol. The third-order valence-corrected chi connectivity index (χ3v) is 9.72. The normalized spacial score (nSPS) is 15.1. The summed E-state index contributed by atoms with van der Waals surface area (Å²) in [6.45, 7) is 2.37. The molecule has 0 radical (unpaired) electrons. The molecule has 1 aromatic heterocycles. The number of aromatic amines is 1. The standard InChI is InChI=1S/C42H45N3O10/c1-26-24-45(42(52)44-40(26)49)37-19-15-30(54-37)25-53-38(48)11-9-7-5-3-2-4-6-8-10-20-43-27-12-16-31(34(21-27)41(50)51)39-32-17-13-28(46)22-35(32)55-36-23-29(47)14-18-33(36)39/h12-19,21-24,30,37,43,46H,2-11,20,25H2,1H3,(H,50,51)(H,44,49,52)/t30-,37+/m0/s1. The van der Waals surface area contributed by atoms with E-state index in [0.717, 1.165) is 57.8 Å². The number of rotatable bonds is 18. The zero-order valence-electron chi connectivity index (χ0n) is 30.7. The van der Waals surface area contributed by atoms with Gasteiger partial charge in [0.1, 0.15) is 29.8 Å². The number of carboxylic acid groups (broad SMARTS) is 1. The maximum atomic E-state index is 12.5. The molecular formula is C42H45N3O10. The summed E-state index contributed by atoms with van der Waals surface area (Å²) in [7, 11) is 0. The number of phenolic OH excluding ortho intramolecular Hbond substituents is 1. The first-order valence-corrected chi connectivity index (χ1v) is 18.7. The Hall–Kier alpha value is -5.95. The van der Waals surface area contributed by atoms with E-state index in [1.54, 1.807) is 43.3 Å². The van der Waals surface area contributed by atoms with Gasteiger partial charge in [-0.05, 0) is 67.8 Å². The van der Waals surface area contributed by atoms with Gasteiger partial charge in [0.25, 0.3) is 5.56 Å². The van der Waals surface area contributed by atoms with Crippen molar-refractivity contribution in [3.8, 4) is 28.2 Å². The Morgan fingerprint density at radius 1 is 0.873 bits per heavy atom. The highest BCUT2D eigenvalue weighted by Crippen LogP contribution is 2.42. The second kappa shape index (κ2) is 17.9. The Morgan fingerprint density at radius 3 is 2.36 bits per heavy atom. The minimum absolute atomic E-state index is 0.00550. The fraction of sp³-hybridized carbons (Fsp3) is 0.357. The van der Waals surface area contributed by atoms with E-state index in [4.69, 9.17) is 13.9 Å². The molecule has 0 saturated heterocycles. The van der Waals surface area contributed by atoms with E-state index in [1.165, 1.54) is 35.0 Å². The number of carbonyl (C=O) groups is 2. The number of carbonyl (C=O) groups excluding carboxylic acids is 1. The van der Waals surface area contributed by atoms with Gasteiger partial charge in [-0.15, -0.1) is 0 Å². The van der Waals surface area contributed by atoms with Crippen LogP contribution in [-0.4, -0.2) is 51.0 Å².